The Morgan fingerprint density at radius 3 is 2.07 bits per heavy atom. The maximum atomic E-state index is 13.6. The van der Waals surface area contributed by atoms with E-state index in [0.717, 1.165) is 10.9 Å². The van der Waals surface area contributed by atoms with Gasteiger partial charge in [-0.1, -0.05) is 54.6 Å². The maximum absolute atomic E-state index is 13.6. The minimum absolute atomic E-state index is 0.0906. The van der Waals surface area contributed by atoms with Gasteiger partial charge in [-0.2, -0.15) is 0 Å². The van der Waals surface area contributed by atoms with Gasteiger partial charge < -0.3 is 4.98 Å². The first kappa shape index (κ1) is 19.4. The molecule has 8 heteroatoms. The third kappa shape index (κ3) is 3.57. The number of rotatable bonds is 5. The molecule has 0 radical (unpaired) electrons. The molecule has 29 heavy (non-hydrogen) atoms. The fourth-order valence-electron chi connectivity index (χ4n) is 3.44. The average Bonchev–Trinajstić information content (AvgIpc) is 3.11. The van der Waals surface area contributed by atoms with Crippen LogP contribution in [0.3, 0.4) is 0 Å². The molecule has 6 nitrogen and oxygen atoms in total. The molecular weight excluding hydrogens is 408 g/mol. The Balaban J connectivity index is 2.04. The van der Waals surface area contributed by atoms with Crippen molar-refractivity contribution in [1.82, 2.24) is 4.98 Å². The smallest absolute Gasteiger partial charge is 0.238 e. The second-order valence-electron chi connectivity index (χ2n) is 6.63. The zero-order valence-electron chi connectivity index (χ0n) is 15.2. The third-order valence-electron chi connectivity index (χ3n) is 4.72. The Labute approximate surface area is 169 Å². The van der Waals surface area contributed by atoms with E-state index in [4.69, 9.17) is 5.14 Å². The summed E-state index contributed by atoms with van der Waals surface area (Å²) in [6.45, 7) is 0. The number of hydrogen-bond acceptors (Lipinski definition) is 4. The quantitative estimate of drug-likeness (QED) is 0.510. The molecular formula is C21H18N2O4S2. The molecule has 1 heterocycles. The summed E-state index contributed by atoms with van der Waals surface area (Å²) < 4.78 is 51.7. The number of aromatic nitrogens is 1. The fraction of sp³-hybridized carbons (Fsp3) is 0.0476. The van der Waals surface area contributed by atoms with E-state index in [-0.39, 0.29) is 15.4 Å². The van der Waals surface area contributed by atoms with Crippen LogP contribution in [0.5, 0.6) is 0 Å². The molecule has 0 saturated heterocycles. The van der Waals surface area contributed by atoms with E-state index in [1.807, 2.05) is 24.3 Å². The molecule has 1 aromatic heterocycles. The van der Waals surface area contributed by atoms with Crippen LogP contribution in [-0.4, -0.2) is 21.8 Å². The summed E-state index contributed by atoms with van der Waals surface area (Å²) in [4.78, 5) is 3.01. The van der Waals surface area contributed by atoms with Crippen LogP contribution in [0.4, 0.5) is 0 Å². The second kappa shape index (κ2) is 7.14. The molecule has 1 unspecified atom stereocenters. The van der Waals surface area contributed by atoms with Gasteiger partial charge in [0.25, 0.3) is 0 Å². The minimum atomic E-state index is -4.14. The van der Waals surface area contributed by atoms with Crippen LogP contribution < -0.4 is 5.14 Å². The highest BCUT2D eigenvalue weighted by Gasteiger charge is 2.35. The van der Waals surface area contributed by atoms with E-state index in [0.29, 0.717) is 5.69 Å². The van der Waals surface area contributed by atoms with E-state index >= 15 is 0 Å². The lowest BCUT2D eigenvalue weighted by molar-refractivity contribution is 0.586. The van der Waals surface area contributed by atoms with Crippen LogP contribution in [0, 0.1) is 0 Å². The number of hydrogen-bond donors (Lipinski definition) is 2. The van der Waals surface area contributed by atoms with Crippen LogP contribution in [-0.2, 0) is 19.9 Å². The molecule has 0 saturated carbocycles. The Kier molecular flexibility index (Phi) is 4.77. The lowest BCUT2D eigenvalue weighted by Gasteiger charge is -2.19. The SMILES string of the molecule is NS(=O)(=O)c1ccccc1C(c1cc2ccccc2[nH]1)S(=O)(=O)c1ccccc1. The van der Waals surface area contributed by atoms with Gasteiger partial charge >= 0.3 is 0 Å². The van der Waals surface area contributed by atoms with E-state index in [2.05, 4.69) is 4.98 Å². The number of nitrogens with one attached hydrogen (secondary N) is 1. The highest BCUT2D eigenvalue weighted by atomic mass is 32.2. The highest BCUT2D eigenvalue weighted by molar-refractivity contribution is 7.92. The van der Waals surface area contributed by atoms with Gasteiger partial charge in [-0.15, -0.1) is 0 Å². The molecule has 3 aromatic carbocycles. The molecule has 0 amide bonds. The van der Waals surface area contributed by atoms with Gasteiger partial charge in [-0.05, 0) is 41.3 Å². The van der Waals surface area contributed by atoms with E-state index in [1.54, 1.807) is 30.3 Å². The monoisotopic (exact) mass is 426 g/mol. The Hall–Kier alpha value is -2.94. The van der Waals surface area contributed by atoms with Crippen molar-refractivity contribution < 1.29 is 16.8 Å². The number of primary sulfonamides is 1. The third-order valence-corrected chi connectivity index (χ3v) is 7.77. The summed E-state index contributed by atoms with van der Waals surface area (Å²) in [6.07, 6.45) is 0. The summed E-state index contributed by atoms with van der Waals surface area (Å²) in [5.74, 6) is 0. The van der Waals surface area contributed by atoms with Gasteiger partial charge in [0, 0.05) is 11.2 Å². The lowest BCUT2D eigenvalue weighted by atomic mass is 10.1. The Bertz CT molecular complexity index is 1360. The molecule has 3 N–H and O–H groups in total. The van der Waals surface area contributed by atoms with Crippen molar-refractivity contribution in [2.24, 2.45) is 5.14 Å². The Morgan fingerprint density at radius 1 is 0.759 bits per heavy atom. The zero-order chi connectivity index (χ0) is 20.6. The van der Waals surface area contributed by atoms with Crippen molar-refractivity contribution in [2.45, 2.75) is 15.0 Å². The van der Waals surface area contributed by atoms with Crippen molar-refractivity contribution in [2.75, 3.05) is 0 Å². The number of sulfonamides is 1. The number of fused-ring (bicyclic) bond motifs is 1. The zero-order valence-corrected chi connectivity index (χ0v) is 16.8. The molecule has 0 aliphatic rings. The van der Waals surface area contributed by atoms with Crippen molar-refractivity contribution >= 4 is 30.8 Å². The molecule has 4 rings (SSSR count). The normalized spacial score (nSPS) is 13.4. The van der Waals surface area contributed by atoms with Crippen LogP contribution in [0.25, 0.3) is 10.9 Å². The first-order valence-electron chi connectivity index (χ1n) is 8.77. The minimum Gasteiger partial charge on any atom is -0.357 e. The summed E-state index contributed by atoms with van der Waals surface area (Å²) in [7, 11) is -8.13. The molecule has 1 atom stereocenters. The van der Waals surface area contributed by atoms with Crippen molar-refractivity contribution in [3.63, 3.8) is 0 Å². The van der Waals surface area contributed by atoms with Crippen LogP contribution in [0.15, 0.2) is 94.7 Å². The van der Waals surface area contributed by atoms with E-state index in [1.165, 1.54) is 30.3 Å². The topological polar surface area (TPSA) is 110 Å². The van der Waals surface area contributed by atoms with Gasteiger partial charge in [-0.25, -0.2) is 22.0 Å². The molecule has 0 aliphatic carbocycles. The Morgan fingerprint density at radius 2 is 1.38 bits per heavy atom. The number of H-pyrrole nitrogens is 1. The van der Waals surface area contributed by atoms with Crippen molar-refractivity contribution in [1.29, 1.82) is 0 Å². The number of aromatic amines is 1. The summed E-state index contributed by atoms with van der Waals surface area (Å²) >= 11 is 0. The van der Waals surface area contributed by atoms with Crippen LogP contribution >= 0.6 is 0 Å². The largest absolute Gasteiger partial charge is 0.357 e. The fourth-order valence-corrected chi connectivity index (χ4v) is 6.11. The van der Waals surface area contributed by atoms with E-state index in [9.17, 15) is 16.8 Å². The van der Waals surface area contributed by atoms with Gasteiger partial charge in [-0.3, -0.25) is 0 Å². The number of para-hydroxylation sites is 1. The van der Waals surface area contributed by atoms with Gasteiger partial charge in [0.15, 0.2) is 9.84 Å². The van der Waals surface area contributed by atoms with Crippen LogP contribution in [0.1, 0.15) is 16.5 Å². The number of nitrogens with two attached hydrogens (primary N) is 1. The molecule has 0 spiro atoms. The lowest BCUT2D eigenvalue weighted by Crippen LogP contribution is -2.21. The molecule has 0 fully saturated rings. The van der Waals surface area contributed by atoms with Gasteiger partial charge in [0.05, 0.1) is 9.79 Å². The van der Waals surface area contributed by atoms with Gasteiger partial charge in [0.2, 0.25) is 10.0 Å². The van der Waals surface area contributed by atoms with Crippen molar-refractivity contribution in [3.05, 3.63) is 96.2 Å². The summed E-state index contributed by atoms with van der Waals surface area (Å²) in [5.41, 5.74) is 1.22. The molecule has 4 aromatic rings. The predicted molar refractivity (Wildman–Crippen MR) is 112 cm³/mol. The molecule has 0 bridgehead atoms. The van der Waals surface area contributed by atoms with Gasteiger partial charge in [0.1, 0.15) is 5.25 Å². The molecule has 148 valence electrons. The number of benzene rings is 3. The van der Waals surface area contributed by atoms with E-state index < -0.39 is 25.1 Å². The standard InChI is InChI=1S/C21H18N2O4S2/c22-29(26,27)20-13-7-5-11-17(20)21(28(24,25)16-9-2-1-3-10-16)19-14-15-8-4-6-12-18(15)23-19/h1-14,21,23H,(H2,22,26,27). The molecule has 0 aliphatic heterocycles. The summed E-state index contributed by atoms with van der Waals surface area (Å²) in [5, 5.41) is 4.95. The maximum Gasteiger partial charge on any atom is 0.238 e. The predicted octanol–water partition coefficient (Wildman–Crippen LogP) is 3.38. The van der Waals surface area contributed by atoms with Crippen molar-refractivity contribution in [3.8, 4) is 0 Å². The summed E-state index contributed by atoms with van der Waals surface area (Å²) in [6, 6.07) is 23.0. The van der Waals surface area contributed by atoms with Crippen LogP contribution in [0.2, 0.25) is 0 Å². The number of sulfone groups is 1. The first-order chi connectivity index (χ1) is 13.8. The highest BCUT2D eigenvalue weighted by Crippen LogP contribution is 2.38. The second-order valence-corrected chi connectivity index (χ2v) is 10.2. The first-order valence-corrected chi connectivity index (χ1v) is 11.9. The average molecular weight is 427 g/mol.